The number of hydrogen-bond donors (Lipinski definition) is 0. The second-order valence-corrected chi connectivity index (χ2v) is 15.0. The zero-order valence-corrected chi connectivity index (χ0v) is 31.1. The summed E-state index contributed by atoms with van der Waals surface area (Å²) in [4.78, 5) is 10.3. The van der Waals surface area contributed by atoms with Gasteiger partial charge in [0.2, 0.25) is 0 Å². The largest absolute Gasteiger partial charge is 0.457 e. The van der Waals surface area contributed by atoms with Crippen LogP contribution in [0.3, 0.4) is 0 Å². The van der Waals surface area contributed by atoms with E-state index in [1.165, 1.54) is 27.5 Å². The summed E-state index contributed by atoms with van der Waals surface area (Å²) in [6.07, 6.45) is 1.91. The average molecular weight is 731 g/mol. The molecular formula is C52H34N4O. The molecule has 12 rings (SSSR count). The van der Waals surface area contributed by atoms with E-state index in [9.17, 15) is 0 Å². The molecule has 0 saturated heterocycles. The topological polar surface area (TPSA) is 44.3 Å². The summed E-state index contributed by atoms with van der Waals surface area (Å²) in [5.74, 6) is 2.43. The molecule has 1 aliphatic heterocycles. The number of nitrogens with zero attached hydrogens (tertiary/aromatic N) is 4. The first kappa shape index (κ1) is 31.8. The Morgan fingerprint density at radius 1 is 0.509 bits per heavy atom. The van der Waals surface area contributed by atoms with Gasteiger partial charge in [0.25, 0.3) is 0 Å². The molecule has 0 atom stereocenters. The number of fused-ring (bicyclic) bond motifs is 11. The van der Waals surface area contributed by atoms with Crippen molar-refractivity contribution in [3.8, 4) is 28.6 Å². The standard InChI is InChI=1S/C52H34N4O/c1-33-48(34-15-5-2-6-16-34)55-46-25-12-11-21-40(46)39-28-26-37(31-43(39)50(55)54-33)57-38-27-29-41-42-22-13-23-44-49(42)56(47(41)32-38)51-45(24-14-30-53-51)52(44,35-17-7-3-8-18-35)36-19-9-4-10-20-36/h2-32H,1H3. The second kappa shape index (κ2) is 12.0. The first-order valence-corrected chi connectivity index (χ1v) is 19.4. The fraction of sp³-hybridized carbons (Fsp3) is 0.0385. The van der Waals surface area contributed by atoms with Gasteiger partial charge in [0.1, 0.15) is 23.0 Å². The van der Waals surface area contributed by atoms with Crippen molar-refractivity contribution in [2.45, 2.75) is 12.3 Å². The molecule has 5 heterocycles. The number of para-hydroxylation sites is 2. The van der Waals surface area contributed by atoms with Gasteiger partial charge >= 0.3 is 0 Å². The Labute approximate surface area is 328 Å². The number of ether oxygens (including phenoxy) is 1. The quantitative estimate of drug-likeness (QED) is 0.166. The van der Waals surface area contributed by atoms with E-state index in [1.807, 2.05) is 6.20 Å². The minimum absolute atomic E-state index is 0.568. The SMILES string of the molecule is Cc1nc2c3cc(Oc4ccc5c6cccc7c6n(c5c4)-c4ncccc4C7(c4ccccc4)c4ccccc4)ccc3c3ccccc3n2c1-c1ccccc1. The van der Waals surface area contributed by atoms with Crippen molar-refractivity contribution in [2.24, 2.45) is 0 Å². The molecule has 0 fully saturated rings. The van der Waals surface area contributed by atoms with Crippen LogP contribution < -0.4 is 4.74 Å². The lowest BCUT2D eigenvalue weighted by Gasteiger charge is -2.41. The van der Waals surface area contributed by atoms with Gasteiger partial charge in [-0.1, -0.05) is 133 Å². The number of aryl methyl sites for hydroxylation is 1. The summed E-state index contributed by atoms with van der Waals surface area (Å²) in [5.41, 5.74) is 11.7. The normalized spacial score (nSPS) is 13.1. The highest BCUT2D eigenvalue weighted by molar-refractivity contribution is 6.14. The third kappa shape index (κ3) is 4.39. The molecule has 5 heteroatoms. The van der Waals surface area contributed by atoms with Crippen LogP contribution in [0, 0.1) is 6.92 Å². The molecular weight excluding hydrogens is 697 g/mol. The molecule has 0 bridgehead atoms. The number of rotatable bonds is 5. The molecule has 5 nitrogen and oxygen atoms in total. The minimum atomic E-state index is -0.568. The Kier molecular flexibility index (Phi) is 6.70. The van der Waals surface area contributed by atoms with Gasteiger partial charge in [-0.05, 0) is 71.5 Å². The molecule has 4 aromatic heterocycles. The number of benzene rings is 7. The molecule has 0 amide bonds. The number of pyridine rings is 2. The second-order valence-electron chi connectivity index (χ2n) is 15.0. The average Bonchev–Trinajstić information content (AvgIpc) is 3.80. The lowest BCUT2D eigenvalue weighted by atomic mass is 9.63. The van der Waals surface area contributed by atoms with Gasteiger partial charge in [0.05, 0.1) is 33.4 Å². The van der Waals surface area contributed by atoms with E-state index in [0.29, 0.717) is 0 Å². The lowest BCUT2D eigenvalue weighted by Crippen LogP contribution is -2.35. The summed E-state index contributed by atoms with van der Waals surface area (Å²) in [6.45, 7) is 2.10. The van der Waals surface area contributed by atoms with Crippen LogP contribution in [-0.4, -0.2) is 18.9 Å². The van der Waals surface area contributed by atoms with Gasteiger partial charge in [-0.25, -0.2) is 9.97 Å². The Morgan fingerprint density at radius 2 is 1.14 bits per heavy atom. The van der Waals surface area contributed by atoms with Gasteiger partial charge < -0.3 is 4.74 Å². The van der Waals surface area contributed by atoms with Crippen LogP contribution in [0.25, 0.3) is 66.2 Å². The van der Waals surface area contributed by atoms with Crippen LogP contribution in [0.1, 0.15) is 27.9 Å². The van der Waals surface area contributed by atoms with Gasteiger partial charge in [-0.2, -0.15) is 0 Å². The monoisotopic (exact) mass is 730 g/mol. The van der Waals surface area contributed by atoms with E-state index in [4.69, 9.17) is 14.7 Å². The molecule has 0 saturated carbocycles. The molecule has 268 valence electrons. The van der Waals surface area contributed by atoms with E-state index in [2.05, 4.69) is 198 Å². The Morgan fingerprint density at radius 3 is 1.91 bits per heavy atom. The van der Waals surface area contributed by atoms with Crippen LogP contribution in [0.2, 0.25) is 0 Å². The molecule has 7 aromatic carbocycles. The van der Waals surface area contributed by atoms with Gasteiger partial charge in [-0.15, -0.1) is 0 Å². The van der Waals surface area contributed by atoms with E-state index >= 15 is 0 Å². The van der Waals surface area contributed by atoms with Crippen LogP contribution in [0.5, 0.6) is 11.5 Å². The van der Waals surface area contributed by atoms with Gasteiger partial charge in [0.15, 0.2) is 0 Å². The van der Waals surface area contributed by atoms with Crippen molar-refractivity contribution in [3.63, 3.8) is 0 Å². The van der Waals surface area contributed by atoms with Crippen LogP contribution in [0.4, 0.5) is 0 Å². The Hall–Kier alpha value is -7.50. The Balaban J connectivity index is 1.07. The summed E-state index contributed by atoms with van der Waals surface area (Å²) in [6, 6.07) is 64.8. The Bertz CT molecular complexity index is 3340. The predicted molar refractivity (Wildman–Crippen MR) is 231 cm³/mol. The third-order valence-corrected chi connectivity index (χ3v) is 12.0. The molecule has 0 radical (unpaired) electrons. The summed E-state index contributed by atoms with van der Waals surface area (Å²) >= 11 is 0. The predicted octanol–water partition coefficient (Wildman–Crippen LogP) is 12.6. The molecule has 0 N–H and O–H groups in total. The number of aromatic nitrogens is 4. The van der Waals surface area contributed by atoms with E-state index in [0.717, 1.165) is 78.2 Å². The van der Waals surface area contributed by atoms with Crippen molar-refractivity contribution in [3.05, 3.63) is 216 Å². The van der Waals surface area contributed by atoms with Gasteiger partial charge in [0, 0.05) is 44.9 Å². The van der Waals surface area contributed by atoms with E-state index in [1.54, 1.807) is 0 Å². The van der Waals surface area contributed by atoms with Crippen molar-refractivity contribution in [2.75, 3.05) is 0 Å². The fourth-order valence-corrected chi connectivity index (χ4v) is 9.73. The first-order chi connectivity index (χ1) is 28.2. The summed E-state index contributed by atoms with van der Waals surface area (Å²) < 4.78 is 11.5. The van der Waals surface area contributed by atoms with E-state index in [-0.39, 0.29) is 0 Å². The maximum Gasteiger partial charge on any atom is 0.146 e. The fourth-order valence-electron chi connectivity index (χ4n) is 9.73. The highest BCUT2D eigenvalue weighted by Gasteiger charge is 2.45. The molecule has 0 unspecified atom stereocenters. The number of hydrogen-bond acceptors (Lipinski definition) is 3. The van der Waals surface area contributed by atoms with Crippen molar-refractivity contribution in [1.29, 1.82) is 0 Å². The summed E-state index contributed by atoms with van der Waals surface area (Å²) in [7, 11) is 0. The van der Waals surface area contributed by atoms with E-state index < -0.39 is 5.41 Å². The van der Waals surface area contributed by atoms with Gasteiger partial charge in [-0.3, -0.25) is 8.97 Å². The zero-order valence-electron chi connectivity index (χ0n) is 31.1. The smallest absolute Gasteiger partial charge is 0.146 e. The zero-order chi connectivity index (χ0) is 37.7. The summed E-state index contributed by atoms with van der Waals surface area (Å²) in [5, 5.41) is 5.70. The lowest BCUT2D eigenvalue weighted by molar-refractivity contribution is 0.484. The highest BCUT2D eigenvalue weighted by atomic mass is 16.5. The van der Waals surface area contributed by atoms with Crippen molar-refractivity contribution in [1.82, 2.24) is 18.9 Å². The maximum absolute atomic E-state index is 6.82. The van der Waals surface area contributed by atoms with Crippen molar-refractivity contribution >= 4 is 49.1 Å². The molecule has 0 spiro atoms. The minimum Gasteiger partial charge on any atom is -0.457 e. The molecule has 0 aliphatic carbocycles. The molecule has 57 heavy (non-hydrogen) atoms. The van der Waals surface area contributed by atoms with Crippen LogP contribution in [-0.2, 0) is 5.41 Å². The van der Waals surface area contributed by atoms with Crippen LogP contribution in [0.15, 0.2) is 188 Å². The van der Waals surface area contributed by atoms with Crippen molar-refractivity contribution < 1.29 is 4.74 Å². The third-order valence-electron chi connectivity index (χ3n) is 12.0. The highest BCUT2D eigenvalue weighted by Crippen LogP contribution is 2.54. The first-order valence-electron chi connectivity index (χ1n) is 19.4. The maximum atomic E-state index is 6.82. The number of imidazole rings is 1. The van der Waals surface area contributed by atoms with Crippen LogP contribution >= 0.6 is 0 Å². The molecule has 1 aliphatic rings. The molecule has 11 aromatic rings.